The molecule has 0 aliphatic carbocycles. The lowest BCUT2D eigenvalue weighted by atomic mass is 10.1. The van der Waals surface area contributed by atoms with Crippen molar-refractivity contribution in [1.82, 2.24) is 0 Å². The van der Waals surface area contributed by atoms with Crippen LogP contribution < -0.4 is 0 Å². The maximum atomic E-state index is 5.05. The summed E-state index contributed by atoms with van der Waals surface area (Å²) in [5, 5.41) is 0. The molecule has 0 aromatic carbocycles. The van der Waals surface area contributed by atoms with Crippen molar-refractivity contribution in [3.63, 3.8) is 0 Å². The number of hydrogen-bond donors (Lipinski definition) is 0. The second-order valence-corrected chi connectivity index (χ2v) is 2.17. The predicted molar refractivity (Wildman–Crippen MR) is 37.6 cm³/mol. The van der Waals surface area contributed by atoms with Gasteiger partial charge >= 0.3 is 0 Å². The van der Waals surface area contributed by atoms with E-state index in [1.807, 2.05) is 6.08 Å². The molecule has 9 heavy (non-hydrogen) atoms. The first-order valence-electron chi connectivity index (χ1n) is 3.07. The van der Waals surface area contributed by atoms with Crippen LogP contribution in [0.3, 0.4) is 0 Å². The molecule has 0 amide bonds. The van der Waals surface area contributed by atoms with Crippen molar-refractivity contribution in [3.8, 4) is 0 Å². The zero-order valence-corrected chi connectivity index (χ0v) is 5.74. The number of rotatable bonds is 1. The van der Waals surface area contributed by atoms with E-state index >= 15 is 0 Å². The van der Waals surface area contributed by atoms with Crippen LogP contribution in [0.15, 0.2) is 17.1 Å². The summed E-state index contributed by atoms with van der Waals surface area (Å²) in [6.07, 6.45) is 5.84. The molecule has 0 saturated heterocycles. The highest BCUT2D eigenvalue weighted by atomic mass is 16.5. The zero-order chi connectivity index (χ0) is 6.69. The molecule has 1 aliphatic rings. The summed E-state index contributed by atoms with van der Waals surface area (Å²) in [5.41, 5.74) is 0. The summed E-state index contributed by atoms with van der Waals surface area (Å²) in [7, 11) is 1.68. The maximum Gasteiger partial charge on any atom is 0.153 e. The third kappa shape index (κ3) is 1.39. The number of allylic oxidation sites excluding steroid dienone is 1. The normalized spacial score (nSPS) is 33.1. The van der Waals surface area contributed by atoms with Gasteiger partial charge in [-0.15, -0.1) is 0 Å². The van der Waals surface area contributed by atoms with Crippen LogP contribution in [0.25, 0.3) is 0 Å². The quantitative estimate of drug-likeness (QED) is 0.516. The first kappa shape index (κ1) is 6.49. The van der Waals surface area contributed by atoms with Crippen LogP contribution in [0.1, 0.15) is 6.92 Å². The highest BCUT2D eigenvalue weighted by Crippen LogP contribution is 2.11. The Labute approximate surface area is 55.2 Å². The zero-order valence-electron chi connectivity index (χ0n) is 5.74. The molecule has 1 heterocycles. The molecule has 0 aromatic rings. The summed E-state index contributed by atoms with van der Waals surface area (Å²) in [6, 6.07) is 0. The molecule has 0 fully saturated rings. The molecular formula is C7H11NO. The van der Waals surface area contributed by atoms with Crippen molar-refractivity contribution in [1.29, 1.82) is 0 Å². The molecule has 0 aromatic heterocycles. The van der Waals surface area contributed by atoms with E-state index in [2.05, 4.69) is 18.0 Å². The number of aliphatic imine (C=N–C) groups is 1. The summed E-state index contributed by atoms with van der Waals surface area (Å²) < 4.78 is 5.05. The van der Waals surface area contributed by atoms with Crippen LogP contribution in [0, 0.1) is 5.92 Å². The third-order valence-corrected chi connectivity index (χ3v) is 1.43. The highest BCUT2D eigenvalue weighted by molar-refractivity contribution is 5.72. The molecule has 0 radical (unpaired) electrons. The lowest BCUT2D eigenvalue weighted by molar-refractivity contribution is 0.0814. The van der Waals surface area contributed by atoms with Gasteiger partial charge in [-0.25, -0.2) is 0 Å². The second kappa shape index (κ2) is 2.78. The van der Waals surface area contributed by atoms with Crippen LogP contribution in [-0.2, 0) is 4.74 Å². The lowest BCUT2D eigenvalue weighted by Crippen LogP contribution is -2.18. The lowest BCUT2D eigenvalue weighted by Gasteiger charge is -2.16. The van der Waals surface area contributed by atoms with E-state index in [0.717, 1.165) is 0 Å². The molecule has 0 bridgehead atoms. The number of dihydropyridines is 1. The molecule has 0 saturated carbocycles. The second-order valence-electron chi connectivity index (χ2n) is 2.17. The van der Waals surface area contributed by atoms with Gasteiger partial charge in [0.2, 0.25) is 0 Å². The fraction of sp³-hybridized carbons (Fsp3) is 0.571. The Morgan fingerprint density at radius 2 is 2.33 bits per heavy atom. The SMILES string of the molecule is COC1N=CC=C[C@H]1C. The highest BCUT2D eigenvalue weighted by Gasteiger charge is 2.12. The topological polar surface area (TPSA) is 21.6 Å². The van der Waals surface area contributed by atoms with Crippen LogP contribution >= 0.6 is 0 Å². The third-order valence-electron chi connectivity index (χ3n) is 1.43. The Kier molecular flexibility index (Phi) is 2.01. The van der Waals surface area contributed by atoms with Crippen molar-refractivity contribution in [2.45, 2.75) is 13.2 Å². The molecule has 1 rings (SSSR count). The van der Waals surface area contributed by atoms with Crippen molar-refractivity contribution >= 4 is 6.21 Å². The standard InChI is InChI=1S/C7H11NO/c1-6-4-3-5-8-7(6)9-2/h3-7H,1-2H3/t6-,7?/m1/s1. The van der Waals surface area contributed by atoms with Gasteiger partial charge in [-0.05, 0) is 6.08 Å². The van der Waals surface area contributed by atoms with Crippen LogP contribution in [-0.4, -0.2) is 19.6 Å². The van der Waals surface area contributed by atoms with E-state index in [0.29, 0.717) is 5.92 Å². The minimum Gasteiger partial charge on any atom is -0.359 e. The van der Waals surface area contributed by atoms with Gasteiger partial charge < -0.3 is 4.74 Å². The molecule has 0 spiro atoms. The van der Waals surface area contributed by atoms with Crippen molar-refractivity contribution in [3.05, 3.63) is 12.2 Å². The predicted octanol–water partition coefficient (Wildman–Crippen LogP) is 1.24. The Bertz CT molecular complexity index is 140. The number of methoxy groups -OCH3 is 1. The van der Waals surface area contributed by atoms with Crippen LogP contribution in [0.4, 0.5) is 0 Å². The molecular weight excluding hydrogens is 114 g/mol. The molecule has 0 N–H and O–H groups in total. The molecule has 1 unspecified atom stereocenters. The Morgan fingerprint density at radius 3 is 2.78 bits per heavy atom. The molecule has 2 nitrogen and oxygen atoms in total. The van der Waals surface area contributed by atoms with Gasteiger partial charge in [0.05, 0.1) is 0 Å². The first-order chi connectivity index (χ1) is 4.34. The van der Waals surface area contributed by atoms with Crippen LogP contribution in [0.2, 0.25) is 0 Å². The number of nitrogens with zero attached hydrogens (tertiary/aromatic N) is 1. The summed E-state index contributed by atoms with van der Waals surface area (Å²) >= 11 is 0. The van der Waals surface area contributed by atoms with E-state index in [-0.39, 0.29) is 6.23 Å². The Morgan fingerprint density at radius 1 is 1.56 bits per heavy atom. The van der Waals surface area contributed by atoms with Gasteiger partial charge in [0.15, 0.2) is 6.23 Å². The van der Waals surface area contributed by atoms with Gasteiger partial charge in [-0.1, -0.05) is 13.0 Å². The summed E-state index contributed by atoms with van der Waals surface area (Å²) in [6.45, 7) is 2.08. The fourth-order valence-corrected chi connectivity index (χ4v) is 0.866. The fourth-order valence-electron chi connectivity index (χ4n) is 0.866. The minimum atomic E-state index is 0.0370. The average molecular weight is 125 g/mol. The van der Waals surface area contributed by atoms with Gasteiger partial charge in [0.1, 0.15) is 0 Å². The maximum absolute atomic E-state index is 5.05. The van der Waals surface area contributed by atoms with E-state index < -0.39 is 0 Å². The first-order valence-corrected chi connectivity index (χ1v) is 3.07. The van der Waals surface area contributed by atoms with Crippen molar-refractivity contribution in [2.75, 3.05) is 7.11 Å². The van der Waals surface area contributed by atoms with Crippen LogP contribution in [0.5, 0.6) is 0 Å². The van der Waals surface area contributed by atoms with Crippen molar-refractivity contribution in [2.24, 2.45) is 10.9 Å². The van der Waals surface area contributed by atoms with E-state index in [1.165, 1.54) is 0 Å². The van der Waals surface area contributed by atoms with E-state index in [9.17, 15) is 0 Å². The van der Waals surface area contributed by atoms with Gasteiger partial charge in [0.25, 0.3) is 0 Å². The Hall–Kier alpha value is -0.630. The summed E-state index contributed by atoms with van der Waals surface area (Å²) in [4.78, 5) is 4.09. The monoisotopic (exact) mass is 125 g/mol. The Balaban J connectivity index is 2.55. The van der Waals surface area contributed by atoms with E-state index in [4.69, 9.17) is 4.74 Å². The van der Waals surface area contributed by atoms with Gasteiger partial charge in [-0.2, -0.15) is 0 Å². The van der Waals surface area contributed by atoms with E-state index in [1.54, 1.807) is 13.3 Å². The molecule has 1 aliphatic heterocycles. The molecule has 2 atom stereocenters. The van der Waals surface area contributed by atoms with Crippen molar-refractivity contribution < 1.29 is 4.74 Å². The smallest absolute Gasteiger partial charge is 0.153 e. The van der Waals surface area contributed by atoms with Gasteiger partial charge in [0, 0.05) is 19.2 Å². The summed E-state index contributed by atoms with van der Waals surface area (Å²) in [5.74, 6) is 0.417. The molecule has 50 valence electrons. The van der Waals surface area contributed by atoms with Gasteiger partial charge in [-0.3, -0.25) is 4.99 Å². The largest absolute Gasteiger partial charge is 0.359 e. The number of ether oxygens (including phenoxy) is 1. The number of hydrogen-bond acceptors (Lipinski definition) is 2. The average Bonchev–Trinajstić information content (AvgIpc) is 1.89. The minimum absolute atomic E-state index is 0.0370. The molecule has 2 heteroatoms.